The fraction of sp³-hybridized carbons (Fsp3) is 0.889. The van der Waals surface area contributed by atoms with E-state index in [9.17, 15) is 4.79 Å². The number of ether oxygens (including phenoxy) is 1. The van der Waals surface area contributed by atoms with Crippen molar-refractivity contribution in [3.05, 3.63) is 0 Å². The molecule has 0 bridgehead atoms. The fourth-order valence-electron chi connectivity index (χ4n) is 1.63. The van der Waals surface area contributed by atoms with Crippen LogP contribution in [0.25, 0.3) is 0 Å². The maximum Gasteiger partial charge on any atom is 0.152 e. The van der Waals surface area contributed by atoms with Crippen molar-refractivity contribution >= 4 is 6.29 Å². The standard InChI is InChI=1S/C9H16O2/c1-3-8(2)9(7-10)5-4-6-11-9/h7-8H,3-6H2,1-2H3. The van der Waals surface area contributed by atoms with Gasteiger partial charge in [0.15, 0.2) is 6.29 Å². The first-order valence-corrected chi connectivity index (χ1v) is 4.35. The third kappa shape index (κ3) is 1.45. The molecule has 2 atom stereocenters. The molecule has 1 fully saturated rings. The first-order chi connectivity index (χ1) is 5.25. The Labute approximate surface area is 67.9 Å². The Morgan fingerprint density at radius 1 is 1.73 bits per heavy atom. The van der Waals surface area contributed by atoms with E-state index >= 15 is 0 Å². The molecule has 1 saturated heterocycles. The van der Waals surface area contributed by atoms with Crippen molar-refractivity contribution in [3.8, 4) is 0 Å². The lowest BCUT2D eigenvalue weighted by molar-refractivity contribution is -0.131. The van der Waals surface area contributed by atoms with Gasteiger partial charge in [-0.3, -0.25) is 0 Å². The van der Waals surface area contributed by atoms with Crippen molar-refractivity contribution < 1.29 is 9.53 Å². The van der Waals surface area contributed by atoms with Crippen molar-refractivity contribution in [2.75, 3.05) is 6.61 Å². The van der Waals surface area contributed by atoms with Gasteiger partial charge in [0.05, 0.1) is 0 Å². The number of carbonyl (C=O) groups is 1. The summed E-state index contributed by atoms with van der Waals surface area (Å²) in [5.41, 5.74) is -0.436. The van der Waals surface area contributed by atoms with E-state index in [-0.39, 0.29) is 0 Å². The third-order valence-corrected chi connectivity index (χ3v) is 2.73. The maximum absolute atomic E-state index is 10.8. The molecule has 11 heavy (non-hydrogen) atoms. The Kier molecular flexibility index (Phi) is 2.66. The molecule has 2 heteroatoms. The molecule has 2 nitrogen and oxygen atoms in total. The molecular weight excluding hydrogens is 140 g/mol. The summed E-state index contributed by atoms with van der Waals surface area (Å²) >= 11 is 0. The smallest absolute Gasteiger partial charge is 0.152 e. The molecule has 1 aliphatic heterocycles. The average Bonchev–Trinajstić information content (AvgIpc) is 2.52. The average molecular weight is 156 g/mol. The van der Waals surface area contributed by atoms with Crippen LogP contribution in [-0.4, -0.2) is 18.5 Å². The van der Waals surface area contributed by atoms with Gasteiger partial charge in [0.1, 0.15) is 5.60 Å². The monoisotopic (exact) mass is 156 g/mol. The highest BCUT2D eigenvalue weighted by Gasteiger charge is 2.39. The highest BCUT2D eigenvalue weighted by molar-refractivity contribution is 5.63. The lowest BCUT2D eigenvalue weighted by atomic mass is 9.86. The van der Waals surface area contributed by atoms with Crippen molar-refractivity contribution in [1.29, 1.82) is 0 Å². The molecule has 0 aliphatic carbocycles. The molecule has 0 aromatic heterocycles. The van der Waals surface area contributed by atoms with Crippen LogP contribution in [0.2, 0.25) is 0 Å². The zero-order chi connectivity index (χ0) is 8.32. The van der Waals surface area contributed by atoms with Crippen molar-refractivity contribution in [2.24, 2.45) is 5.92 Å². The molecule has 0 saturated carbocycles. The van der Waals surface area contributed by atoms with Crippen LogP contribution in [0.5, 0.6) is 0 Å². The van der Waals surface area contributed by atoms with Crippen molar-refractivity contribution in [3.63, 3.8) is 0 Å². The van der Waals surface area contributed by atoms with Gasteiger partial charge in [-0.2, -0.15) is 0 Å². The molecule has 0 aromatic rings. The van der Waals surface area contributed by atoms with E-state index in [1.54, 1.807) is 0 Å². The van der Waals surface area contributed by atoms with E-state index in [2.05, 4.69) is 13.8 Å². The maximum atomic E-state index is 10.8. The Hall–Kier alpha value is -0.370. The number of hydrogen-bond acceptors (Lipinski definition) is 2. The van der Waals surface area contributed by atoms with Gasteiger partial charge in [-0.1, -0.05) is 20.3 Å². The summed E-state index contributed by atoms with van der Waals surface area (Å²) in [5.74, 6) is 0.363. The van der Waals surface area contributed by atoms with E-state index in [1.807, 2.05) is 0 Å². The fourth-order valence-corrected chi connectivity index (χ4v) is 1.63. The molecule has 2 unspecified atom stereocenters. The first-order valence-electron chi connectivity index (χ1n) is 4.35. The Morgan fingerprint density at radius 2 is 2.45 bits per heavy atom. The van der Waals surface area contributed by atoms with Crippen LogP contribution in [0.15, 0.2) is 0 Å². The third-order valence-electron chi connectivity index (χ3n) is 2.73. The van der Waals surface area contributed by atoms with E-state index < -0.39 is 5.60 Å². The Balaban J connectivity index is 2.65. The summed E-state index contributed by atoms with van der Waals surface area (Å²) in [4.78, 5) is 10.8. The lowest BCUT2D eigenvalue weighted by Gasteiger charge is -2.27. The number of rotatable bonds is 3. The van der Waals surface area contributed by atoms with Gasteiger partial charge in [-0.15, -0.1) is 0 Å². The van der Waals surface area contributed by atoms with E-state index in [4.69, 9.17) is 4.74 Å². The van der Waals surface area contributed by atoms with E-state index in [0.29, 0.717) is 5.92 Å². The Morgan fingerprint density at radius 3 is 2.82 bits per heavy atom. The minimum atomic E-state index is -0.436. The van der Waals surface area contributed by atoms with Crippen LogP contribution in [0.1, 0.15) is 33.1 Å². The summed E-state index contributed by atoms with van der Waals surface area (Å²) in [6, 6.07) is 0. The second-order valence-electron chi connectivity index (χ2n) is 3.33. The molecule has 1 rings (SSSR count). The second kappa shape index (κ2) is 3.35. The quantitative estimate of drug-likeness (QED) is 0.582. The minimum Gasteiger partial charge on any atom is -0.367 e. The molecule has 0 N–H and O–H groups in total. The zero-order valence-electron chi connectivity index (χ0n) is 7.30. The number of aldehydes is 1. The van der Waals surface area contributed by atoms with Crippen molar-refractivity contribution in [2.45, 2.75) is 38.7 Å². The predicted octanol–water partition coefficient (Wildman–Crippen LogP) is 1.78. The molecular formula is C9H16O2. The van der Waals surface area contributed by atoms with Crippen LogP contribution >= 0.6 is 0 Å². The van der Waals surface area contributed by atoms with Gasteiger partial charge in [0.2, 0.25) is 0 Å². The number of carbonyl (C=O) groups excluding carboxylic acids is 1. The predicted molar refractivity (Wildman–Crippen MR) is 43.4 cm³/mol. The normalized spacial score (nSPS) is 33.6. The van der Waals surface area contributed by atoms with Crippen LogP contribution in [0.3, 0.4) is 0 Å². The lowest BCUT2D eigenvalue weighted by Crippen LogP contribution is -2.37. The molecule has 0 aromatic carbocycles. The van der Waals surface area contributed by atoms with E-state index in [0.717, 1.165) is 32.2 Å². The summed E-state index contributed by atoms with van der Waals surface area (Å²) < 4.78 is 5.47. The van der Waals surface area contributed by atoms with Crippen molar-refractivity contribution in [1.82, 2.24) is 0 Å². The van der Waals surface area contributed by atoms with Crippen LogP contribution < -0.4 is 0 Å². The molecule has 64 valence electrons. The van der Waals surface area contributed by atoms with Gasteiger partial charge >= 0.3 is 0 Å². The van der Waals surface area contributed by atoms with Crippen LogP contribution in [0, 0.1) is 5.92 Å². The SMILES string of the molecule is CCC(C)C1(C=O)CCCO1. The highest BCUT2D eigenvalue weighted by Crippen LogP contribution is 2.32. The van der Waals surface area contributed by atoms with Gasteiger partial charge in [-0.25, -0.2) is 0 Å². The van der Waals surface area contributed by atoms with Gasteiger partial charge in [0, 0.05) is 6.61 Å². The molecule has 0 amide bonds. The topological polar surface area (TPSA) is 26.3 Å². The summed E-state index contributed by atoms with van der Waals surface area (Å²) in [7, 11) is 0. The Bertz CT molecular complexity index is 136. The number of hydrogen-bond donors (Lipinski definition) is 0. The highest BCUT2D eigenvalue weighted by atomic mass is 16.5. The van der Waals surface area contributed by atoms with Crippen LogP contribution in [0.4, 0.5) is 0 Å². The summed E-state index contributed by atoms with van der Waals surface area (Å²) in [6.07, 6.45) is 3.95. The molecule has 0 radical (unpaired) electrons. The molecule has 1 heterocycles. The molecule has 0 spiro atoms. The molecule has 1 aliphatic rings. The first kappa shape index (κ1) is 8.72. The summed E-state index contributed by atoms with van der Waals surface area (Å²) in [5, 5.41) is 0. The largest absolute Gasteiger partial charge is 0.367 e. The van der Waals surface area contributed by atoms with Crippen LogP contribution in [-0.2, 0) is 9.53 Å². The van der Waals surface area contributed by atoms with Gasteiger partial charge < -0.3 is 9.53 Å². The minimum absolute atomic E-state index is 0.363. The van der Waals surface area contributed by atoms with E-state index in [1.165, 1.54) is 0 Å². The zero-order valence-corrected chi connectivity index (χ0v) is 7.30. The summed E-state index contributed by atoms with van der Waals surface area (Å²) in [6.45, 7) is 4.93. The van der Waals surface area contributed by atoms with Gasteiger partial charge in [-0.05, 0) is 18.8 Å². The van der Waals surface area contributed by atoms with Gasteiger partial charge in [0.25, 0.3) is 0 Å². The second-order valence-corrected chi connectivity index (χ2v) is 3.33.